The van der Waals surface area contributed by atoms with Crippen molar-refractivity contribution < 1.29 is 18.3 Å². The fourth-order valence-electron chi connectivity index (χ4n) is 4.28. The number of hydrogen-bond acceptors (Lipinski definition) is 6. The summed E-state index contributed by atoms with van der Waals surface area (Å²) in [6, 6.07) is 9.45. The number of amides is 1. The lowest BCUT2D eigenvalue weighted by Crippen LogP contribution is -2.26. The molecule has 2 aromatic heterocycles. The molecule has 3 heterocycles. The number of nitrogens with zero attached hydrogens (tertiary/aromatic N) is 4. The summed E-state index contributed by atoms with van der Waals surface area (Å²) in [6.45, 7) is 4.45. The van der Waals surface area contributed by atoms with E-state index in [-0.39, 0.29) is 23.4 Å². The average Bonchev–Trinajstić information content (AvgIpc) is 3.47. The summed E-state index contributed by atoms with van der Waals surface area (Å²) in [5, 5.41) is 11.3. The van der Waals surface area contributed by atoms with Gasteiger partial charge in [-0.05, 0) is 36.8 Å². The Kier molecular flexibility index (Phi) is 5.51. The fraction of sp³-hybridized carbons (Fsp3) is 0.167. The smallest absolute Gasteiger partial charge is 0.275 e. The highest BCUT2D eigenvalue weighted by Crippen LogP contribution is 2.33. The van der Waals surface area contributed by atoms with Gasteiger partial charge in [0.1, 0.15) is 28.7 Å². The molecule has 0 spiro atoms. The third kappa shape index (κ3) is 4.12. The lowest BCUT2D eigenvalue weighted by atomic mass is 10.0. The van der Waals surface area contributed by atoms with Crippen LogP contribution in [0, 0.1) is 11.6 Å². The number of H-pyrrole nitrogens is 1. The predicted octanol–water partition coefficient (Wildman–Crippen LogP) is 3.26. The van der Waals surface area contributed by atoms with E-state index in [9.17, 15) is 18.4 Å². The molecular weight excluding hydrogens is 458 g/mol. The molecule has 178 valence electrons. The minimum atomic E-state index is -0.749. The van der Waals surface area contributed by atoms with Crippen molar-refractivity contribution in [3.63, 3.8) is 0 Å². The topological polar surface area (TPSA) is 119 Å². The average molecular weight is 478 g/mol. The SMILES string of the molecule is C=CC(=O)N1CC[C@H](c2nn(-c3ccc(Oc4cc(F)cc(F)c4)cc3)c3c(N)n[nH]c(=O)c23)C1. The van der Waals surface area contributed by atoms with Gasteiger partial charge < -0.3 is 15.4 Å². The first-order chi connectivity index (χ1) is 16.8. The Labute approximate surface area is 197 Å². The minimum Gasteiger partial charge on any atom is -0.457 e. The second kappa shape index (κ2) is 8.67. The number of benzene rings is 2. The fourth-order valence-corrected chi connectivity index (χ4v) is 4.28. The van der Waals surface area contributed by atoms with Gasteiger partial charge in [-0.3, -0.25) is 9.59 Å². The molecule has 2 aromatic carbocycles. The first kappa shape index (κ1) is 22.3. The molecule has 1 aliphatic heterocycles. The Hall–Kier alpha value is -4.54. The molecule has 1 fully saturated rings. The van der Waals surface area contributed by atoms with Crippen molar-refractivity contribution >= 4 is 22.6 Å². The molecule has 4 aromatic rings. The number of nitrogen functional groups attached to an aromatic ring is 1. The molecular formula is C24H20F2N6O3. The van der Waals surface area contributed by atoms with Crippen molar-refractivity contribution in [3.8, 4) is 17.2 Å². The Morgan fingerprint density at radius 3 is 2.57 bits per heavy atom. The van der Waals surface area contributed by atoms with E-state index < -0.39 is 17.2 Å². The lowest BCUT2D eigenvalue weighted by Gasteiger charge is -2.13. The molecule has 0 radical (unpaired) electrons. The highest BCUT2D eigenvalue weighted by molar-refractivity contribution is 5.91. The van der Waals surface area contributed by atoms with E-state index in [2.05, 4.69) is 16.8 Å². The van der Waals surface area contributed by atoms with Crippen LogP contribution >= 0.6 is 0 Å². The Morgan fingerprint density at radius 1 is 1.17 bits per heavy atom. The Balaban J connectivity index is 1.52. The number of nitrogens with two attached hydrogens (primary N) is 1. The number of halogens is 2. The molecule has 0 aliphatic carbocycles. The normalized spacial score (nSPS) is 15.5. The molecule has 35 heavy (non-hydrogen) atoms. The third-order valence-electron chi connectivity index (χ3n) is 5.87. The molecule has 0 bridgehead atoms. The summed E-state index contributed by atoms with van der Waals surface area (Å²) in [4.78, 5) is 26.4. The summed E-state index contributed by atoms with van der Waals surface area (Å²) in [6.07, 6.45) is 1.89. The van der Waals surface area contributed by atoms with Crippen molar-refractivity contribution in [2.24, 2.45) is 0 Å². The van der Waals surface area contributed by atoms with Crippen LogP contribution in [0.15, 0.2) is 59.9 Å². The van der Waals surface area contributed by atoms with E-state index in [0.717, 1.165) is 18.2 Å². The summed E-state index contributed by atoms with van der Waals surface area (Å²) >= 11 is 0. The molecule has 3 N–H and O–H groups in total. The minimum absolute atomic E-state index is 0.0157. The standard InChI is InChI=1S/C24H20F2N6O3/c1-2-19(33)31-8-7-13(12-31)21-20-22(23(27)28-29-24(20)34)32(30-21)16-3-5-17(6-4-16)35-18-10-14(25)9-15(26)11-18/h2-6,9-11,13H,1,7-8,12H2,(H2,27,28)(H,29,34)/t13-/m0/s1. The number of carbonyl (C=O) groups is 1. The number of carbonyl (C=O) groups excluding carboxylic acids is 1. The summed E-state index contributed by atoms with van der Waals surface area (Å²) in [5.74, 6) is -1.40. The highest BCUT2D eigenvalue weighted by Gasteiger charge is 2.31. The molecule has 0 unspecified atom stereocenters. The van der Waals surface area contributed by atoms with Gasteiger partial charge in [0, 0.05) is 37.2 Å². The quantitative estimate of drug-likeness (QED) is 0.425. The molecule has 1 aliphatic rings. The van der Waals surface area contributed by atoms with Crippen LogP contribution in [0.5, 0.6) is 11.5 Å². The molecule has 1 amide bonds. The van der Waals surface area contributed by atoms with Crippen LogP contribution in [0.25, 0.3) is 16.6 Å². The van der Waals surface area contributed by atoms with E-state index in [0.29, 0.717) is 47.5 Å². The number of ether oxygens (including phenoxy) is 1. The van der Waals surface area contributed by atoms with Gasteiger partial charge in [-0.1, -0.05) is 6.58 Å². The van der Waals surface area contributed by atoms with Crippen molar-refractivity contribution in [1.29, 1.82) is 0 Å². The first-order valence-electron chi connectivity index (χ1n) is 10.8. The molecule has 1 saturated heterocycles. The van der Waals surface area contributed by atoms with Crippen LogP contribution in [0.4, 0.5) is 14.6 Å². The lowest BCUT2D eigenvalue weighted by molar-refractivity contribution is -0.125. The number of anilines is 1. The zero-order valence-corrected chi connectivity index (χ0v) is 18.4. The zero-order chi connectivity index (χ0) is 24.7. The number of nitrogens with one attached hydrogen (secondary N) is 1. The van der Waals surface area contributed by atoms with Gasteiger partial charge in [0.15, 0.2) is 5.82 Å². The number of likely N-dealkylation sites (tertiary alicyclic amines) is 1. The highest BCUT2D eigenvalue weighted by atomic mass is 19.1. The molecule has 1 atom stereocenters. The number of rotatable bonds is 5. The number of hydrogen-bond donors (Lipinski definition) is 2. The largest absolute Gasteiger partial charge is 0.457 e. The van der Waals surface area contributed by atoms with Crippen LogP contribution in [-0.2, 0) is 4.79 Å². The summed E-state index contributed by atoms with van der Waals surface area (Å²) in [7, 11) is 0. The van der Waals surface area contributed by atoms with Crippen LogP contribution < -0.4 is 16.0 Å². The number of fused-ring (bicyclic) bond motifs is 1. The van der Waals surface area contributed by atoms with Crippen molar-refractivity contribution in [2.45, 2.75) is 12.3 Å². The van der Waals surface area contributed by atoms with E-state index in [4.69, 9.17) is 15.6 Å². The van der Waals surface area contributed by atoms with E-state index in [1.165, 1.54) is 10.8 Å². The summed E-state index contributed by atoms with van der Waals surface area (Å²) < 4.78 is 34.0. The van der Waals surface area contributed by atoms with Gasteiger partial charge in [-0.15, -0.1) is 0 Å². The molecule has 9 nitrogen and oxygen atoms in total. The van der Waals surface area contributed by atoms with Gasteiger partial charge in [0.05, 0.1) is 16.8 Å². The van der Waals surface area contributed by atoms with Gasteiger partial charge in [-0.2, -0.15) is 10.2 Å². The van der Waals surface area contributed by atoms with Crippen LogP contribution in [0.3, 0.4) is 0 Å². The summed E-state index contributed by atoms with van der Waals surface area (Å²) in [5.41, 5.74) is 7.11. The first-order valence-corrected chi connectivity index (χ1v) is 10.8. The number of aromatic nitrogens is 4. The number of aromatic amines is 1. The van der Waals surface area contributed by atoms with Crippen LogP contribution in [0.2, 0.25) is 0 Å². The van der Waals surface area contributed by atoms with Gasteiger partial charge in [0.2, 0.25) is 5.91 Å². The van der Waals surface area contributed by atoms with E-state index >= 15 is 0 Å². The zero-order valence-electron chi connectivity index (χ0n) is 18.4. The second-order valence-electron chi connectivity index (χ2n) is 8.13. The monoisotopic (exact) mass is 478 g/mol. The van der Waals surface area contributed by atoms with E-state index in [1.807, 2.05) is 0 Å². The van der Waals surface area contributed by atoms with Gasteiger partial charge >= 0.3 is 0 Å². The van der Waals surface area contributed by atoms with Crippen LogP contribution in [0.1, 0.15) is 18.0 Å². The Bertz CT molecular complexity index is 1490. The maximum atomic E-state index is 13.5. The van der Waals surface area contributed by atoms with Gasteiger partial charge in [-0.25, -0.2) is 18.6 Å². The maximum Gasteiger partial charge on any atom is 0.275 e. The Morgan fingerprint density at radius 2 is 1.89 bits per heavy atom. The third-order valence-corrected chi connectivity index (χ3v) is 5.87. The second-order valence-corrected chi connectivity index (χ2v) is 8.13. The maximum absolute atomic E-state index is 13.5. The van der Waals surface area contributed by atoms with Gasteiger partial charge in [0.25, 0.3) is 5.56 Å². The van der Waals surface area contributed by atoms with Crippen molar-refractivity contribution in [2.75, 3.05) is 18.8 Å². The molecule has 0 saturated carbocycles. The van der Waals surface area contributed by atoms with E-state index in [1.54, 1.807) is 29.2 Å². The molecule has 5 rings (SSSR count). The van der Waals surface area contributed by atoms with Crippen molar-refractivity contribution in [3.05, 3.63) is 82.8 Å². The van der Waals surface area contributed by atoms with Crippen LogP contribution in [-0.4, -0.2) is 43.9 Å². The van der Waals surface area contributed by atoms with Crippen molar-refractivity contribution in [1.82, 2.24) is 24.9 Å². The predicted molar refractivity (Wildman–Crippen MR) is 124 cm³/mol. The molecule has 11 heteroatoms.